The summed E-state index contributed by atoms with van der Waals surface area (Å²) in [5, 5.41) is 12.2. The summed E-state index contributed by atoms with van der Waals surface area (Å²) in [4.78, 5) is 11.0. The molecule has 0 saturated heterocycles. The van der Waals surface area contributed by atoms with Crippen LogP contribution < -0.4 is 10.1 Å². The third-order valence-corrected chi connectivity index (χ3v) is 3.13. The summed E-state index contributed by atoms with van der Waals surface area (Å²) in [6.45, 7) is 7.73. The van der Waals surface area contributed by atoms with E-state index in [1.807, 2.05) is 13.8 Å². The van der Waals surface area contributed by atoms with Crippen LogP contribution in [0.4, 0.5) is 4.39 Å². The van der Waals surface area contributed by atoms with Crippen LogP contribution in [0.3, 0.4) is 0 Å². The van der Waals surface area contributed by atoms with Gasteiger partial charge in [-0.1, -0.05) is 13.0 Å². The highest BCUT2D eigenvalue weighted by atomic mass is 19.1. The lowest BCUT2D eigenvalue weighted by Crippen LogP contribution is -2.30. The number of nitrogens with one attached hydrogen (secondary N) is 1. The summed E-state index contributed by atoms with van der Waals surface area (Å²) < 4.78 is 19.2. The van der Waals surface area contributed by atoms with E-state index < -0.39 is 17.2 Å². The second-order valence-corrected chi connectivity index (χ2v) is 5.45. The lowest BCUT2D eigenvalue weighted by atomic mass is 9.95. The van der Waals surface area contributed by atoms with Crippen molar-refractivity contribution in [1.29, 1.82) is 0 Å². The highest BCUT2D eigenvalue weighted by Gasteiger charge is 2.28. The van der Waals surface area contributed by atoms with E-state index in [0.29, 0.717) is 0 Å². The van der Waals surface area contributed by atoms with Crippen molar-refractivity contribution < 1.29 is 19.0 Å². The fourth-order valence-electron chi connectivity index (χ4n) is 1.65. The molecule has 0 fully saturated rings. The molecule has 20 heavy (non-hydrogen) atoms. The van der Waals surface area contributed by atoms with Crippen molar-refractivity contribution in [1.82, 2.24) is 5.32 Å². The van der Waals surface area contributed by atoms with Gasteiger partial charge in [-0.3, -0.25) is 4.79 Å². The Balaban J connectivity index is 2.76. The van der Waals surface area contributed by atoms with E-state index in [4.69, 9.17) is 9.84 Å². The molecule has 0 bridgehead atoms. The molecule has 112 valence electrons. The van der Waals surface area contributed by atoms with Gasteiger partial charge < -0.3 is 15.2 Å². The average Bonchev–Trinajstić information content (AvgIpc) is 2.37. The minimum atomic E-state index is -1.05. The van der Waals surface area contributed by atoms with Gasteiger partial charge in [-0.2, -0.15) is 0 Å². The van der Waals surface area contributed by atoms with E-state index in [1.54, 1.807) is 6.07 Å². The van der Waals surface area contributed by atoms with E-state index in [1.165, 1.54) is 26.0 Å². The molecule has 0 heterocycles. The molecule has 0 saturated carbocycles. The molecular formula is C15H22FNO3. The fraction of sp³-hybridized carbons (Fsp3) is 0.533. The third-order valence-electron chi connectivity index (χ3n) is 3.13. The molecule has 0 aliphatic carbocycles. The molecule has 0 aliphatic heterocycles. The van der Waals surface area contributed by atoms with E-state index in [-0.39, 0.29) is 18.4 Å². The zero-order chi connectivity index (χ0) is 15.3. The summed E-state index contributed by atoms with van der Waals surface area (Å²) >= 11 is 0. The lowest BCUT2D eigenvalue weighted by molar-refractivity contribution is -0.148. The number of carbonyl (C=O) groups is 1. The Morgan fingerprint density at radius 1 is 1.50 bits per heavy atom. The first-order valence-corrected chi connectivity index (χ1v) is 6.67. The van der Waals surface area contributed by atoms with Crippen LogP contribution in [0, 0.1) is 11.2 Å². The zero-order valence-electron chi connectivity index (χ0n) is 12.4. The molecule has 0 radical (unpaired) electrons. The summed E-state index contributed by atoms with van der Waals surface area (Å²) in [6.07, 6.45) is 0. The number of ether oxygens (including phenoxy) is 1. The normalized spacial score (nSPS) is 13.1. The first kappa shape index (κ1) is 16.4. The Morgan fingerprint density at radius 3 is 2.65 bits per heavy atom. The van der Waals surface area contributed by atoms with Crippen LogP contribution in [0.5, 0.6) is 5.75 Å². The highest BCUT2D eigenvalue weighted by molar-refractivity contribution is 5.73. The molecule has 1 atom stereocenters. The predicted molar refractivity (Wildman–Crippen MR) is 75.4 cm³/mol. The molecule has 4 nitrogen and oxygen atoms in total. The van der Waals surface area contributed by atoms with Gasteiger partial charge in [0.2, 0.25) is 0 Å². The van der Waals surface area contributed by atoms with Crippen molar-refractivity contribution in [2.24, 2.45) is 5.41 Å². The van der Waals surface area contributed by atoms with E-state index in [9.17, 15) is 9.18 Å². The van der Waals surface area contributed by atoms with E-state index in [0.717, 1.165) is 12.1 Å². The van der Waals surface area contributed by atoms with Gasteiger partial charge in [0, 0.05) is 6.04 Å². The van der Waals surface area contributed by atoms with Gasteiger partial charge in [-0.15, -0.1) is 0 Å². The van der Waals surface area contributed by atoms with Gasteiger partial charge in [0.25, 0.3) is 0 Å². The van der Waals surface area contributed by atoms with Gasteiger partial charge in [0.05, 0.1) is 5.41 Å². The molecule has 0 amide bonds. The smallest absolute Gasteiger partial charge is 0.312 e. The second kappa shape index (κ2) is 6.70. The van der Waals surface area contributed by atoms with E-state index in [2.05, 4.69) is 5.32 Å². The SMILES string of the molecule is CCNC(C)c1ccc(OCC(C)(C)C(=O)O)c(F)c1. The van der Waals surface area contributed by atoms with Gasteiger partial charge in [0.1, 0.15) is 6.61 Å². The van der Waals surface area contributed by atoms with Crippen molar-refractivity contribution in [2.45, 2.75) is 33.7 Å². The molecule has 2 N–H and O–H groups in total. The molecule has 5 heteroatoms. The molecule has 1 aromatic rings. The molecule has 0 spiro atoms. The number of halogens is 1. The maximum Gasteiger partial charge on any atom is 0.312 e. The largest absolute Gasteiger partial charge is 0.489 e. The topological polar surface area (TPSA) is 58.6 Å². The number of aliphatic carboxylic acids is 1. The molecule has 1 aromatic carbocycles. The average molecular weight is 283 g/mol. The number of carboxylic acids is 1. The van der Waals surface area contributed by atoms with E-state index >= 15 is 0 Å². The minimum Gasteiger partial charge on any atom is -0.489 e. The van der Waals surface area contributed by atoms with Crippen molar-refractivity contribution in [3.8, 4) is 5.75 Å². The first-order valence-electron chi connectivity index (χ1n) is 6.67. The molecule has 1 rings (SSSR count). The number of hydrogen-bond donors (Lipinski definition) is 2. The van der Waals surface area contributed by atoms with Crippen LogP contribution in [0.25, 0.3) is 0 Å². The molecule has 0 aromatic heterocycles. The Kier molecular flexibility index (Phi) is 5.51. The summed E-state index contributed by atoms with van der Waals surface area (Å²) in [5.41, 5.74) is -0.225. The fourth-order valence-corrected chi connectivity index (χ4v) is 1.65. The van der Waals surface area contributed by atoms with Crippen LogP contribution in [-0.4, -0.2) is 24.2 Å². The van der Waals surface area contributed by atoms with Crippen LogP contribution in [0.2, 0.25) is 0 Å². The van der Waals surface area contributed by atoms with Crippen LogP contribution in [-0.2, 0) is 4.79 Å². The Labute approximate surface area is 119 Å². The van der Waals surface area contributed by atoms with Crippen LogP contribution >= 0.6 is 0 Å². The minimum absolute atomic E-state index is 0.0546. The standard InChI is InChI=1S/C15H22FNO3/c1-5-17-10(2)11-6-7-13(12(16)8-11)20-9-15(3,4)14(18)19/h6-8,10,17H,5,9H2,1-4H3,(H,18,19). The van der Waals surface area contributed by atoms with Gasteiger partial charge in [-0.05, 0) is 45.0 Å². The van der Waals surface area contributed by atoms with Crippen molar-refractivity contribution in [3.63, 3.8) is 0 Å². The monoisotopic (exact) mass is 283 g/mol. The zero-order valence-corrected chi connectivity index (χ0v) is 12.4. The van der Waals surface area contributed by atoms with Crippen molar-refractivity contribution in [3.05, 3.63) is 29.6 Å². The quantitative estimate of drug-likeness (QED) is 0.807. The summed E-state index contributed by atoms with van der Waals surface area (Å²) in [6, 6.07) is 4.78. The molecular weight excluding hydrogens is 261 g/mol. The number of rotatable bonds is 7. The summed E-state index contributed by atoms with van der Waals surface area (Å²) in [7, 11) is 0. The number of carboxylic acid groups (broad SMARTS) is 1. The highest BCUT2D eigenvalue weighted by Crippen LogP contribution is 2.24. The molecule has 0 aliphatic rings. The van der Waals surface area contributed by atoms with Gasteiger partial charge >= 0.3 is 5.97 Å². The van der Waals surface area contributed by atoms with Crippen LogP contribution in [0.1, 0.15) is 39.3 Å². The van der Waals surface area contributed by atoms with Crippen molar-refractivity contribution in [2.75, 3.05) is 13.2 Å². The maximum absolute atomic E-state index is 13.9. The lowest BCUT2D eigenvalue weighted by Gasteiger charge is -2.20. The first-order chi connectivity index (χ1) is 9.27. The predicted octanol–water partition coefficient (Wildman–Crippen LogP) is 2.99. The van der Waals surface area contributed by atoms with Crippen molar-refractivity contribution >= 4 is 5.97 Å². The van der Waals surface area contributed by atoms with Gasteiger partial charge in [-0.25, -0.2) is 4.39 Å². The maximum atomic E-state index is 13.9. The molecule has 1 unspecified atom stereocenters. The Morgan fingerprint density at radius 2 is 2.15 bits per heavy atom. The van der Waals surface area contributed by atoms with Gasteiger partial charge in [0.15, 0.2) is 11.6 Å². The Bertz CT molecular complexity index is 474. The second-order valence-electron chi connectivity index (χ2n) is 5.45. The number of benzene rings is 1. The number of hydrogen-bond acceptors (Lipinski definition) is 3. The summed E-state index contributed by atoms with van der Waals surface area (Å²) in [5.74, 6) is -1.38. The van der Waals surface area contributed by atoms with Crippen LogP contribution in [0.15, 0.2) is 18.2 Å². The third kappa shape index (κ3) is 4.20. The Hall–Kier alpha value is -1.62.